The third-order valence-corrected chi connectivity index (χ3v) is 4.17. The monoisotopic (exact) mass is 305 g/mol. The lowest BCUT2D eigenvalue weighted by Crippen LogP contribution is -2.32. The molecule has 0 saturated heterocycles. The summed E-state index contributed by atoms with van der Waals surface area (Å²) >= 11 is 0. The molecule has 3 N–H and O–H groups in total. The van der Waals surface area contributed by atoms with E-state index in [0.29, 0.717) is 19.6 Å². The van der Waals surface area contributed by atoms with E-state index in [2.05, 4.69) is 6.07 Å². The van der Waals surface area contributed by atoms with E-state index in [4.69, 9.17) is 10.8 Å². The number of nitrogens with two attached hydrogens (primary N) is 1. The zero-order chi connectivity index (χ0) is 16.1. The minimum Gasteiger partial charge on any atom is -0.465 e. The molecule has 0 radical (unpaired) electrons. The van der Waals surface area contributed by atoms with Gasteiger partial charge in [0.05, 0.1) is 0 Å². The van der Waals surface area contributed by atoms with Gasteiger partial charge in [-0.1, -0.05) is 24.6 Å². The van der Waals surface area contributed by atoms with Gasteiger partial charge in [-0.3, -0.25) is 4.90 Å². The lowest BCUT2D eigenvalue weighted by molar-refractivity contribution is 0.145. The first-order chi connectivity index (χ1) is 10.5. The number of nitrogens with zero attached hydrogens (tertiary/aromatic N) is 2. The van der Waals surface area contributed by atoms with Crippen molar-refractivity contribution in [2.45, 2.75) is 38.8 Å². The molecule has 1 aliphatic rings. The van der Waals surface area contributed by atoms with Crippen molar-refractivity contribution in [1.29, 1.82) is 0 Å². The van der Waals surface area contributed by atoms with Crippen molar-refractivity contribution >= 4 is 12.1 Å². The lowest BCUT2D eigenvalue weighted by Gasteiger charge is -2.13. The molecule has 0 fully saturated rings. The predicted molar refractivity (Wildman–Crippen MR) is 83.5 cm³/mol. The molecule has 2 rings (SSSR count). The fourth-order valence-electron chi connectivity index (χ4n) is 2.81. The molecule has 3 amide bonds. The number of aryl methyl sites for hydroxylation is 1. The summed E-state index contributed by atoms with van der Waals surface area (Å²) < 4.78 is 0. The number of hydrogen-bond acceptors (Lipinski definition) is 2. The summed E-state index contributed by atoms with van der Waals surface area (Å²) in [5, 5.41) is 9.10. The lowest BCUT2D eigenvalue weighted by atomic mass is 9.98. The first-order valence-electron chi connectivity index (χ1n) is 7.57. The van der Waals surface area contributed by atoms with E-state index < -0.39 is 12.1 Å². The zero-order valence-electron chi connectivity index (χ0n) is 12.9. The summed E-state index contributed by atoms with van der Waals surface area (Å²) in [6, 6.07) is 5.69. The Balaban J connectivity index is 1.82. The van der Waals surface area contributed by atoms with Crippen LogP contribution in [0.3, 0.4) is 0 Å². The quantitative estimate of drug-likeness (QED) is 0.791. The highest BCUT2D eigenvalue weighted by atomic mass is 16.4. The van der Waals surface area contributed by atoms with E-state index in [9.17, 15) is 9.59 Å². The maximum absolute atomic E-state index is 11.1. The minimum atomic E-state index is -0.864. The number of urea groups is 1. The maximum atomic E-state index is 11.1. The third kappa shape index (κ3) is 3.90. The molecule has 1 aromatic rings. The number of rotatable bonds is 6. The molecule has 0 spiro atoms. The molecule has 0 bridgehead atoms. The average Bonchev–Trinajstić information content (AvgIpc) is 2.91. The van der Waals surface area contributed by atoms with Crippen molar-refractivity contribution in [3.05, 3.63) is 34.9 Å². The van der Waals surface area contributed by atoms with Crippen LogP contribution in [0.5, 0.6) is 0 Å². The largest absolute Gasteiger partial charge is 0.465 e. The first kappa shape index (κ1) is 16.1. The zero-order valence-corrected chi connectivity index (χ0v) is 12.9. The second-order valence-corrected chi connectivity index (χ2v) is 5.76. The number of amides is 3. The van der Waals surface area contributed by atoms with Crippen molar-refractivity contribution in [3.63, 3.8) is 0 Å². The van der Waals surface area contributed by atoms with Crippen LogP contribution in [-0.2, 0) is 19.5 Å². The first-order valence-corrected chi connectivity index (χ1v) is 7.57. The van der Waals surface area contributed by atoms with Gasteiger partial charge in [-0.15, -0.1) is 0 Å². The second kappa shape index (κ2) is 7.15. The highest BCUT2D eigenvalue weighted by molar-refractivity contribution is 5.71. The van der Waals surface area contributed by atoms with Crippen LogP contribution in [0.15, 0.2) is 18.2 Å². The molecule has 0 aliphatic carbocycles. The van der Waals surface area contributed by atoms with Crippen LogP contribution in [0.2, 0.25) is 0 Å². The van der Waals surface area contributed by atoms with Crippen LogP contribution in [-0.4, -0.2) is 40.6 Å². The van der Waals surface area contributed by atoms with E-state index in [1.807, 2.05) is 12.1 Å². The van der Waals surface area contributed by atoms with Crippen molar-refractivity contribution in [3.8, 4) is 0 Å². The molecule has 6 heteroatoms. The van der Waals surface area contributed by atoms with Crippen molar-refractivity contribution in [1.82, 2.24) is 9.80 Å². The second-order valence-electron chi connectivity index (χ2n) is 5.76. The highest BCUT2D eigenvalue weighted by Crippen LogP contribution is 2.27. The van der Waals surface area contributed by atoms with Gasteiger partial charge in [-0.2, -0.15) is 0 Å². The standard InChI is InChI=1S/C16H23N3O3/c1-18(15(17)20)9-4-2-3-6-12-7-5-8-13-10-19(16(21)22)11-14(12)13/h5,7-8H,2-4,6,9-11H2,1H3,(H2,17,20)(H,21,22). The topological polar surface area (TPSA) is 86.9 Å². The smallest absolute Gasteiger partial charge is 0.407 e. The number of fused-ring (bicyclic) bond motifs is 1. The summed E-state index contributed by atoms with van der Waals surface area (Å²) in [4.78, 5) is 24.9. The number of carbonyl (C=O) groups excluding carboxylic acids is 1. The predicted octanol–water partition coefficient (Wildman–Crippen LogP) is 2.40. The molecule has 6 nitrogen and oxygen atoms in total. The van der Waals surface area contributed by atoms with E-state index in [1.165, 1.54) is 20.9 Å². The van der Waals surface area contributed by atoms with Gasteiger partial charge in [0, 0.05) is 26.7 Å². The van der Waals surface area contributed by atoms with Crippen LogP contribution in [0, 0.1) is 0 Å². The molecule has 1 aliphatic heterocycles. The average molecular weight is 305 g/mol. The summed E-state index contributed by atoms with van der Waals surface area (Å²) in [6.07, 6.45) is 3.05. The van der Waals surface area contributed by atoms with Gasteiger partial charge in [-0.25, -0.2) is 9.59 Å². The Morgan fingerprint density at radius 1 is 1.27 bits per heavy atom. The molecule has 22 heavy (non-hydrogen) atoms. The van der Waals surface area contributed by atoms with Gasteiger partial charge in [0.15, 0.2) is 0 Å². The van der Waals surface area contributed by atoms with Gasteiger partial charge in [0.25, 0.3) is 0 Å². The Labute approximate surface area is 130 Å². The minimum absolute atomic E-state index is 0.394. The number of hydrogen-bond donors (Lipinski definition) is 2. The molecule has 0 aromatic heterocycles. The Hall–Kier alpha value is -2.24. The van der Waals surface area contributed by atoms with Crippen LogP contribution in [0.25, 0.3) is 0 Å². The Morgan fingerprint density at radius 3 is 2.73 bits per heavy atom. The van der Waals surface area contributed by atoms with Gasteiger partial charge in [-0.05, 0) is 36.0 Å². The maximum Gasteiger partial charge on any atom is 0.407 e. The molecule has 1 aromatic carbocycles. The molecule has 0 atom stereocenters. The van der Waals surface area contributed by atoms with Gasteiger partial charge in [0.1, 0.15) is 0 Å². The number of carboxylic acid groups (broad SMARTS) is 1. The van der Waals surface area contributed by atoms with Gasteiger partial charge < -0.3 is 15.7 Å². The fourth-order valence-corrected chi connectivity index (χ4v) is 2.81. The Morgan fingerprint density at radius 2 is 2.05 bits per heavy atom. The van der Waals surface area contributed by atoms with Crippen molar-refractivity contribution in [2.75, 3.05) is 13.6 Å². The summed E-state index contributed by atoms with van der Waals surface area (Å²) in [6.45, 7) is 1.65. The van der Waals surface area contributed by atoms with Crippen molar-refractivity contribution < 1.29 is 14.7 Å². The number of primary amides is 1. The summed E-state index contributed by atoms with van der Waals surface area (Å²) in [7, 11) is 1.70. The number of carbonyl (C=O) groups is 2. The van der Waals surface area contributed by atoms with E-state index >= 15 is 0 Å². The normalized spacial score (nSPS) is 13.0. The van der Waals surface area contributed by atoms with E-state index in [-0.39, 0.29) is 0 Å². The third-order valence-electron chi connectivity index (χ3n) is 4.17. The molecular formula is C16H23N3O3. The molecular weight excluding hydrogens is 282 g/mol. The van der Waals surface area contributed by atoms with Gasteiger partial charge >= 0.3 is 12.1 Å². The molecule has 120 valence electrons. The van der Waals surface area contributed by atoms with Gasteiger partial charge in [0.2, 0.25) is 0 Å². The van der Waals surface area contributed by atoms with E-state index in [1.54, 1.807) is 7.05 Å². The summed E-state index contributed by atoms with van der Waals surface area (Å²) in [5.41, 5.74) is 8.70. The fraction of sp³-hybridized carbons (Fsp3) is 0.500. The van der Waals surface area contributed by atoms with Crippen LogP contribution in [0.1, 0.15) is 36.0 Å². The molecule has 0 unspecified atom stereocenters. The van der Waals surface area contributed by atoms with Crippen LogP contribution in [0.4, 0.5) is 9.59 Å². The van der Waals surface area contributed by atoms with Crippen molar-refractivity contribution in [2.24, 2.45) is 5.73 Å². The number of benzene rings is 1. The molecule has 1 heterocycles. The number of unbranched alkanes of at least 4 members (excludes halogenated alkanes) is 2. The Kier molecular flexibility index (Phi) is 5.25. The highest BCUT2D eigenvalue weighted by Gasteiger charge is 2.24. The molecule has 0 saturated carbocycles. The summed E-state index contributed by atoms with van der Waals surface area (Å²) in [5.74, 6) is 0. The van der Waals surface area contributed by atoms with Crippen LogP contribution >= 0.6 is 0 Å². The van der Waals surface area contributed by atoms with Crippen LogP contribution < -0.4 is 5.73 Å². The Bertz CT molecular complexity index is 560. The van der Waals surface area contributed by atoms with E-state index in [0.717, 1.165) is 31.2 Å². The SMILES string of the molecule is CN(CCCCCc1cccc2c1CN(C(=O)O)C2)C(N)=O.